The second-order valence-electron chi connectivity index (χ2n) is 7.86. The number of rotatable bonds is 10. The van der Waals surface area contributed by atoms with Crippen LogP contribution in [0.2, 0.25) is 0 Å². The summed E-state index contributed by atoms with van der Waals surface area (Å²) >= 11 is 0. The molecule has 2 aromatic rings. The van der Waals surface area contributed by atoms with Crippen LogP contribution in [0.1, 0.15) is 53.6 Å². The highest BCUT2D eigenvalue weighted by Gasteiger charge is 2.19. The summed E-state index contributed by atoms with van der Waals surface area (Å²) in [5, 5.41) is 3.03. The Kier molecular flexibility index (Phi) is 8.66. The maximum Gasteiger partial charge on any atom is 0.257 e. The molecule has 6 nitrogen and oxygen atoms in total. The van der Waals surface area contributed by atoms with Crippen molar-refractivity contribution in [1.82, 2.24) is 15.2 Å². The Morgan fingerprint density at radius 3 is 2.63 bits per heavy atom. The Hall–Kier alpha value is -2.44. The number of hydrogen-bond acceptors (Lipinski definition) is 5. The van der Waals surface area contributed by atoms with E-state index in [0.717, 1.165) is 12.1 Å². The fourth-order valence-corrected chi connectivity index (χ4v) is 3.97. The molecule has 1 fully saturated rings. The number of nitrogens with one attached hydrogen (secondary N) is 1. The van der Waals surface area contributed by atoms with E-state index >= 15 is 0 Å². The van der Waals surface area contributed by atoms with Crippen LogP contribution in [0.15, 0.2) is 42.6 Å². The summed E-state index contributed by atoms with van der Waals surface area (Å²) in [6.07, 6.45) is 8.19. The molecule has 1 aromatic carbocycles. The number of pyridine rings is 1. The highest BCUT2D eigenvalue weighted by Crippen LogP contribution is 2.23. The number of carbonyl (C=O) groups is 1. The minimum Gasteiger partial charge on any atom is -0.475 e. The Morgan fingerprint density at radius 1 is 1.10 bits per heavy atom. The van der Waals surface area contributed by atoms with Crippen molar-refractivity contribution >= 4 is 5.91 Å². The van der Waals surface area contributed by atoms with E-state index < -0.39 is 0 Å². The molecule has 0 saturated heterocycles. The number of ether oxygens (including phenoxy) is 2. The van der Waals surface area contributed by atoms with Gasteiger partial charge in [0.05, 0.1) is 6.61 Å². The Morgan fingerprint density at radius 2 is 1.87 bits per heavy atom. The molecule has 0 spiro atoms. The molecule has 0 unspecified atom stereocenters. The standard InChI is InChI=1S/C24H33N3O3/c1-27(21-11-4-3-5-12-21)18-20-10-7-6-9-19(20)17-26-23(28)22-13-8-14-25-24(22)30-16-15-29-2/h6-10,13-14,21H,3-5,11-12,15-18H2,1-2H3,(H,26,28). The smallest absolute Gasteiger partial charge is 0.257 e. The second kappa shape index (κ2) is 11.7. The van der Waals surface area contributed by atoms with Crippen molar-refractivity contribution in [3.8, 4) is 5.88 Å². The normalized spacial score (nSPS) is 14.6. The van der Waals surface area contributed by atoms with Gasteiger partial charge < -0.3 is 14.8 Å². The molecule has 1 aliphatic carbocycles. The average Bonchev–Trinajstić information content (AvgIpc) is 2.79. The minimum absolute atomic E-state index is 0.189. The molecular formula is C24H33N3O3. The topological polar surface area (TPSA) is 63.7 Å². The number of methoxy groups -OCH3 is 1. The molecule has 1 amide bonds. The van der Waals surface area contributed by atoms with Crippen LogP contribution in [0.3, 0.4) is 0 Å². The molecule has 6 heteroatoms. The van der Waals surface area contributed by atoms with Crippen molar-refractivity contribution in [1.29, 1.82) is 0 Å². The van der Waals surface area contributed by atoms with Gasteiger partial charge in [-0.05, 0) is 43.1 Å². The van der Waals surface area contributed by atoms with Gasteiger partial charge in [0, 0.05) is 32.4 Å². The van der Waals surface area contributed by atoms with E-state index in [-0.39, 0.29) is 5.91 Å². The Balaban J connectivity index is 1.61. The van der Waals surface area contributed by atoms with Crippen molar-refractivity contribution < 1.29 is 14.3 Å². The second-order valence-corrected chi connectivity index (χ2v) is 7.86. The number of amides is 1. The van der Waals surface area contributed by atoms with E-state index in [1.807, 2.05) is 6.07 Å². The van der Waals surface area contributed by atoms with Gasteiger partial charge in [0.1, 0.15) is 12.2 Å². The molecule has 1 aromatic heterocycles. The fourth-order valence-electron chi connectivity index (χ4n) is 3.97. The first-order valence-electron chi connectivity index (χ1n) is 10.8. The molecule has 162 valence electrons. The first-order valence-corrected chi connectivity index (χ1v) is 10.8. The van der Waals surface area contributed by atoms with Gasteiger partial charge in [-0.3, -0.25) is 9.69 Å². The maximum absolute atomic E-state index is 12.8. The van der Waals surface area contributed by atoms with Gasteiger partial charge in [-0.1, -0.05) is 43.5 Å². The molecular weight excluding hydrogens is 378 g/mol. The summed E-state index contributed by atoms with van der Waals surface area (Å²) in [6.45, 7) is 2.17. The molecule has 1 saturated carbocycles. The third-order valence-electron chi connectivity index (χ3n) is 5.72. The van der Waals surface area contributed by atoms with E-state index in [9.17, 15) is 4.79 Å². The monoisotopic (exact) mass is 411 g/mol. The number of nitrogens with zero attached hydrogens (tertiary/aromatic N) is 2. The van der Waals surface area contributed by atoms with Crippen molar-refractivity contribution in [3.05, 3.63) is 59.3 Å². The van der Waals surface area contributed by atoms with Crippen LogP contribution in [0, 0.1) is 0 Å². The highest BCUT2D eigenvalue weighted by atomic mass is 16.5. The van der Waals surface area contributed by atoms with E-state index in [2.05, 4.69) is 40.4 Å². The molecule has 0 atom stereocenters. The van der Waals surface area contributed by atoms with Crippen molar-refractivity contribution in [3.63, 3.8) is 0 Å². The first kappa shape index (κ1) is 22.2. The number of benzene rings is 1. The lowest BCUT2D eigenvalue weighted by atomic mass is 9.94. The Labute approximate surface area is 179 Å². The van der Waals surface area contributed by atoms with Gasteiger partial charge in [0.15, 0.2) is 0 Å². The van der Waals surface area contributed by atoms with Crippen LogP contribution >= 0.6 is 0 Å². The predicted octanol–water partition coefficient (Wildman–Crippen LogP) is 3.80. The van der Waals surface area contributed by atoms with Gasteiger partial charge in [-0.15, -0.1) is 0 Å². The van der Waals surface area contributed by atoms with Gasteiger partial charge >= 0.3 is 0 Å². The van der Waals surface area contributed by atoms with Crippen molar-refractivity contribution in [2.45, 2.75) is 51.2 Å². The van der Waals surface area contributed by atoms with Crippen LogP contribution in [0.25, 0.3) is 0 Å². The average molecular weight is 412 g/mol. The molecule has 3 rings (SSSR count). The molecule has 1 aliphatic rings. The fraction of sp³-hybridized carbons (Fsp3) is 0.500. The summed E-state index contributed by atoms with van der Waals surface area (Å²) < 4.78 is 10.6. The lowest BCUT2D eigenvalue weighted by Gasteiger charge is -2.31. The molecule has 1 heterocycles. The molecule has 1 N–H and O–H groups in total. The maximum atomic E-state index is 12.8. The van der Waals surface area contributed by atoms with Crippen LogP contribution in [-0.4, -0.2) is 49.2 Å². The van der Waals surface area contributed by atoms with Crippen molar-refractivity contribution in [2.24, 2.45) is 0 Å². The van der Waals surface area contributed by atoms with Crippen LogP contribution < -0.4 is 10.1 Å². The van der Waals surface area contributed by atoms with Gasteiger partial charge in [-0.25, -0.2) is 4.98 Å². The summed E-state index contributed by atoms with van der Waals surface area (Å²) in [7, 11) is 3.82. The van der Waals surface area contributed by atoms with Crippen molar-refractivity contribution in [2.75, 3.05) is 27.4 Å². The molecule has 0 aliphatic heterocycles. The van der Waals surface area contributed by atoms with E-state index in [0.29, 0.717) is 37.2 Å². The first-order chi connectivity index (χ1) is 14.7. The summed E-state index contributed by atoms with van der Waals surface area (Å²) in [4.78, 5) is 19.4. The number of hydrogen-bond donors (Lipinski definition) is 1. The quantitative estimate of drug-likeness (QED) is 0.603. The van der Waals surface area contributed by atoms with Crippen LogP contribution in [0.4, 0.5) is 0 Å². The van der Waals surface area contributed by atoms with E-state index in [4.69, 9.17) is 9.47 Å². The zero-order valence-corrected chi connectivity index (χ0v) is 18.1. The number of aromatic nitrogens is 1. The molecule has 0 bridgehead atoms. The van der Waals surface area contributed by atoms with Gasteiger partial charge in [0.2, 0.25) is 5.88 Å². The van der Waals surface area contributed by atoms with E-state index in [1.165, 1.54) is 37.7 Å². The third kappa shape index (κ3) is 6.28. The highest BCUT2D eigenvalue weighted by molar-refractivity contribution is 5.96. The van der Waals surface area contributed by atoms with Crippen LogP contribution in [-0.2, 0) is 17.8 Å². The zero-order valence-electron chi connectivity index (χ0n) is 18.1. The molecule has 30 heavy (non-hydrogen) atoms. The van der Waals surface area contributed by atoms with Gasteiger partial charge in [-0.2, -0.15) is 0 Å². The lowest BCUT2D eigenvalue weighted by Crippen LogP contribution is -2.33. The zero-order chi connectivity index (χ0) is 21.2. The predicted molar refractivity (Wildman–Crippen MR) is 118 cm³/mol. The van der Waals surface area contributed by atoms with Crippen LogP contribution in [0.5, 0.6) is 5.88 Å². The lowest BCUT2D eigenvalue weighted by molar-refractivity contribution is 0.0941. The molecule has 0 radical (unpaired) electrons. The summed E-state index contributed by atoms with van der Waals surface area (Å²) in [5.74, 6) is 0.142. The largest absolute Gasteiger partial charge is 0.475 e. The SMILES string of the molecule is COCCOc1ncccc1C(=O)NCc1ccccc1CN(C)C1CCCCC1. The Bertz CT molecular complexity index is 806. The van der Waals surface area contributed by atoms with E-state index in [1.54, 1.807) is 25.4 Å². The summed E-state index contributed by atoms with van der Waals surface area (Å²) in [5.41, 5.74) is 2.83. The van der Waals surface area contributed by atoms with Gasteiger partial charge in [0.25, 0.3) is 5.91 Å². The number of carbonyl (C=O) groups excluding carboxylic acids is 1. The minimum atomic E-state index is -0.189. The summed E-state index contributed by atoms with van der Waals surface area (Å²) in [6, 6.07) is 12.5. The third-order valence-corrected chi connectivity index (χ3v) is 5.72.